The van der Waals surface area contributed by atoms with Crippen molar-refractivity contribution in [3.8, 4) is 11.3 Å². The second kappa shape index (κ2) is 8.95. The van der Waals surface area contributed by atoms with E-state index in [1.807, 2.05) is 29.6 Å². The van der Waals surface area contributed by atoms with Gasteiger partial charge in [-0.25, -0.2) is 4.52 Å². The van der Waals surface area contributed by atoms with Gasteiger partial charge in [-0.1, -0.05) is 53.5 Å². The van der Waals surface area contributed by atoms with Gasteiger partial charge >= 0.3 is 0 Å². The molecule has 0 atom stereocenters. The summed E-state index contributed by atoms with van der Waals surface area (Å²) in [6.45, 7) is 0. The number of carbonyl (C=O) groups excluding carboxylic acids is 2. The third kappa shape index (κ3) is 4.53. The summed E-state index contributed by atoms with van der Waals surface area (Å²) in [5, 5.41) is 10.0. The number of nitrogens with one attached hydrogen (secondary N) is 1. The van der Waals surface area contributed by atoms with Crippen molar-refractivity contribution in [3.05, 3.63) is 69.5 Å². The van der Waals surface area contributed by atoms with E-state index >= 15 is 0 Å². The van der Waals surface area contributed by atoms with Crippen molar-refractivity contribution >= 4 is 57.1 Å². The molecule has 0 aliphatic heterocycles. The lowest BCUT2D eigenvalue weighted by atomic mass is 10.1. The van der Waals surface area contributed by atoms with Crippen LogP contribution in [0.15, 0.2) is 53.9 Å². The largest absolute Gasteiger partial charge is 0.294 e. The molecule has 9 heteroatoms. The molecule has 4 aromatic rings. The molecule has 1 amide bonds. The van der Waals surface area contributed by atoms with Crippen LogP contribution in [0.2, 0.25) is 10.0 Å². The SMILES string of the molecule is O=C(CCCC(=O)c1ccccc1)Nc1nc2scc(-c3ccc(Cl)cc3Cl)n2n1. The zero-order chi connectivity index (χ0) is 21.1. The molecule has 2 aromatic heterocycles. The molecule has 30 heavy (non-hydrogen) atoms. The van der Waals surface area contributed by atoms with E-state index in [2.05, 4.69) is 15.4 Å². The lowest BCUT2D eigenvalue weighted by Gasteiger charge is -2.03. The molecule has 152 valence electrons. The number of thiazole rings is 1. The van der Waals surface area contributed by atoms with Gasteiger partial charge in [-0.05, 0) is 24.6 Å². The van der Waals surface area contributed by atoms with Crippen LogP contribution in [0.25, 0.3) is 16.2 Å². The van der Waals surface area contributed by atoms with Crippen molar-refractivity contribution in [2.24, 2.45) is 0 Å². The number of rotatable bonds is 7. The number of anilines is 1. The van der Waals surface area contributed by atoms with Gasteiger partial charge in [-0.3, -0.25) is 14.9 Å². The molecule has 0 unspecified atom stereocenters. The first kappa shape index (κ1) is 20.5. The quantitative estimate of drug-likeness (QED) is 0.357. The van der Waals surface area contributed by atoms with Gasteiger partial charge in [0.15, 0.2) is 5.78 Å². The minimum absolute atomic E-state index is 0.0218. The maximum Gasteiger partial charge on any atom is 0.250 e. The Hall–Kier alpha value is -2.74. The smallest absolute Gasteiger partial charge is 0.250 e. The van der Waals surface area contributed by atoms with Crippen LogP contribution in [0.5, 0.6) is 0 Å². The maximum absolute atomic E-state index is 12.2. The molecular weight excluding hydrogens is 443 g/mol. The Bertz CT molecular complexity index is 1220. The number of nitrogens with zero attached hydrogens (tertiary/aromatic N) is 3. The van der Waals surface area contributed by atoms with Crippen LogP contribution < -0.4 is 5.32 Å². The number of carbonyl (C=O) groups is 2. The third-order valence-corrected chi connectivity index (χ3v) is 5.81. The van der Waals surface area contributed by atoms with Gasteiger partial charge in [0.1, 0.15) is 0 Å². The molecule has 4 rings (SSSR count). The minimum Gasteiger partial charge on any atom is -0.294 e. The van der Waals surface area contributed by atoms with Crippen LogP contribution in [-0.2, 0) is 4.79 Å². The van der Waals surface area contributed by atoms with Gasteiger partial charge in [-0.2, -0.15) is 4.98 Å². The van der Waals surface area contributed by atoms with E-state index in [1.54, 1.807) is 28.8 Å². The minimum atomic E-state index is -0.236. The van der Waals surface area contributed by atoms with Crippen molar-refractivity contribution in [2.45, 2.75) is 19.3 Å². The summed E-state index contributed by atoms with van der Waals surface area (Å²) >= 11 is 13.7. The number of aromatic nitrogens is 3. The second-order valence-electron chi connectivity index (χ2n) is 6.57. The Morgan fingerprint density at radius 3 is 2.63 bits per heavy atom. The zero-order valence-corrected chi connectivity index (χ0v) is 18.0. The number of hydrogen-bond acceptors (Lipinski definition) is 5. The van der Waals surface area contributed by atoms with E-state index in [1.165, 1.54) is 11.3 Å². The normalized spacial score (nSPS) is 11.0. The Kier molecular flexibility index (Phi) is 6.13. The van der Waals surface area contributed by atoms with Crippen LogP contribution in [0.4, 0.5) is 5.95 Å². The fourth-order valence-electron chi connectivity index (χ4n) is 2.98. The molecule has 6 nitrogen and oxygen atoms in total. The van der Waals surface area contributed by atoms with Gasteiger partial charge in [0.25, 0.3) is 0 Å². The van der Waals surface area contributed by atoms with Crippen LogP contribution in [0.3, 0.4) is 0 Å². The van der Waals surface area contributed by atoms with Gasteiger partial charge in [0.05, 0.1) is 10.7 Å². The zero-order valence-electron chi connectivity index (χ0n) is 15.6. The van der Waals surface area contributed by atoms with Crippen LogP contribution >= 0.6 is 34.5 Å². The highest BCUT2D eigenvalue weighted by Crippen LogP contribution is 2.33. The van der Waals surface area contributed by atoms with Crippen LogP contribution in [0, 0.1) is 0 Å². The number of fused-ring (bicyclic) bond motifs is 1. The highest BCUT2D eigenvalue weighted by atomic mass is 35.5. The molecule has 0 fully saturated rings. The maximum atomic E-state index is 12.2. The van der Waals surface area contributed by atoms with Gasteiger partial charge in [0, 0.05) is 34.4 Å². The summed E-state index contributed by atoms with van der Waals surface area (Å²) in [7, 11) is 0. The summed E-state index contributed by atoms with van der Waals surface area (Å²) in [5.74, 6) is 0.00118. The van der Waals surface area contributed by atoms with Crippen molar-refractivity contribution < 1.29 is 9.59 Å². The van der Waals surface area contributed by atoms with E-state index in [4.69, 9.17) is 23.2 Å². The van der Waals surface area contributed by atoms with E-state index < -0.39 is 0 Å². The van der Waals surface area contributed by atoms with Gasteiger partial charge < -0.3 is 0 Å². The first-order valence-electron chi connectivity index (χ1n) is 9.19. The number of ketones is 1. The number of halogens is 2. The van der Waals surface area contributed by atoms with E-state index in [-0.39, 0.29) is 24.1 Å². The molecule has 2 heterocycles. The average Bonchev–Trinajstić information content (AvgIpc) is 3.29. The van der Waals surface area contributed by atoms with E-state index in [0.717, 1.165) is 11.3 Å². The fourth-order valence-corrected chi connectivity index (χ4v) is 4.31. The number of amides is 1. The van der Waals surface area contributed by atoms with Crippen LogP contribution in [-0.4, -0.2) is 26.3 Å². The standard InChI is InChI=1S/C21H16Cl2N4O2S/c22-14-9-10-15(16(23)11-14)17-12-30-21-25-20(26-27(17)21)24-19(29)8-4-7-18(28)13-5-2-1-3-6-13/h1-3,5-6,9-12H,4,7-8H2,(H,24,26,29). The molecule has 0 aliphatic carbocycles. The van der Waals surface area contributed by atoms with E-state index in [0.29, 0.717) is 33.4 Å². The molecule has 0 spiro atoms. The molecule has 0 radical (unpaired) electrons. The topological polar surface area (TPSA) is 76.4 Å². The van der Waals surface area contributed by atoms with Gasteiger partial charge in [0.2, 0.25) is 16.8 Å². The monoisotopic (exact) mass is 458 g/mol. The number of benzene rings is 2. The summed E-state index contributed by atoms with van der Waals surface area (Å²) in [5.41, 5.74) is 2.19. The molecule has 0 saturated carbocycles. The predicted octanol–water partition coefficient (Wildman–Crippen LogP) is 5.76. The lowest BCUT2D eigenvalue weighted by Crippen LogP contribution is -2.13. The highest BCUT2D eigenvalue weighted by Gasteiger charge is 2.15. The van der Waals surface area contributed by atoms with Gasteiger partial charge in [-0.15, -0.1) is 16.4 Å². The molecule has 0 saturated heterocycles. The Balaban J connectivity index is 1.39. The predicted molar refractivity (Wildman–Crippen MR) is 120 cm³/mol. The number of Topliss-reactive ketones (excluding diaryl/α,β-unsaturated/α-hetero) is 1. The van der Waals surface area contributed by atoms with E-state index in [9.17, 15) is 9.59 Å². The number of hydrogen-bond donors (Lipinski definition) is 1. The summed E-state index contributed by atoms with van der Waals surface area (Å²) < 4.78 is 1.63. The first-order chi connectivity index (χ1) is 14.5. The first-order valence-corrected chi connectivity index (χ1v) is 10.8. The summed E-state index contributed by atoms with van der Waals surface area (Å²) in [4.78, 5) is 29.3. The Morgan fingerprint density at radius 2 is 1.87 bits per heavy atom. The fraction of sp³-hybridized carbons (Fsp3) is 0.143. The molecule has 0 bridgehead atoms. The molecule has 2 aromatic carbocycles. The van der Waals surface area contributed by atoms with Crippen molar-refractivity contribution in [1.82, 2.24) is 14.6 Å². The summed E-state index contributed by atoms with van der Waals surface area (Å²) in [6, 6.07) is 14.3. The molecule has 0 aliphatic rings. The summed E-state index contributed by atoms with van der Waals surface area (Å²) in [6.07, 6.45) is 0.969. The van der Waals surface area contributed by atoms with Crippen molar-refractivity contribution in [2.75, 3.05) is 5.32 Å². The van der Waals surface area contributed by atoms with Crippen molar-refractivity contribution in [1.29, 1.82) is 0 Å². The molecule has 1 N–H and O–H groups in total. The lowest BCUT2D eigenvalue weighted by molar-refractivity contribution is -0.116. The third-order valence-electron chi connectivity index (χ3n) is 4.44. The van der Waals surface area contributed by atoms with Crippen LogP contribution in [0.1, 0.15) is 29.6 Å². The van der Waals surface area contributed by atoms with Crippen molar-refractivity contribution in [3.63, 3.8) is 0 Å². The Morgan fingerprint density at radius 1 is 1.07 bits per heavy atom. The highest BCUT2D eigenvalue weighted by molar-refractivity contribution is 7.15. The second-order valence-corrected chi connectivity index (χ2v) is 8.25. The molecular formula is C21H16Cl2N4O2S. The average molecular weight is 459 g/mol. The Labute approximate surface area is 186 Å².